The third-order valence-corrected chi connectivity index (χ3v) is 4.45. The lowest BCUT2D eigenvalue weighted by molar-refractivity contribution is 0.0952. The fraction of sp³-hybridized carbons (Fsp3) is 0.333. The first-order chi connectivity index (χ1) is 10.3. The van der Waals surface area contributed by atoms with Crippen molar-refractivity contribution >= 4 is 23.4 Å². The molecule has 0 saturated heterocycles. The van der Waals surface area contributed by atoms with Crippen LogP contribution in [0.3, 0.4) is 0 Å². The summed E-state index contributed by atoms with van der Waals surface area (Å²) in [5.41, 5.74) is 7.72. The van der Waals surface area contributed by atoms with Crippen molar-refractivity contribution in [1.29, 1.82) is 0 Å². The zero-order valence-electron chi connectivity index (χ0n) is 11.6. The highest BCUT2D eigenvalue weighted by molar-refractivity contribution is 7.99. The van der Waals surface area contributed by atoms with Gasteiger partial charge in [-0.1, -0.05) is 18.2 Å². The number of nitrogens with zero attached hydrogens (tertiary/aromatic N) is 1. The number of thioether (sulfide) groups is 1. The van der Waals surface area contributed by atoms with Gasteiger partial charge in [0.1, 0.15) is 0 Å². The number of aromatic amines is 1. The molecule has 1 saturated carbocycles. The first kappa shape index (κ1) is 14.0. The molecule has 1 heterocycles. The van der Waals surface area contributed by atoms with Crippen molar-refractivity contribution in [2.75, 3.05) is 18.0 Å². The predicted octanol–water partition coefficient (Wildman–Crippen LogP) is 2.39. The van der Waals surface area contributed by atoms with Gasteiger partial charge in [-0.2, -0.15) is 5.10 Å². The van der Waals surface area contributed by atoms with Gasteiger partial charge in [0.25, 0.3) is 5.91 Å². The van der Waals surface area contributed by atoms with Crippen LogP contribution in [0.4, 0.5) is 5.69 Å². The smallest absolute Gasteiger partial charge is 0.273 e. The number of hydrogen-bond acceptors (Lipinski definition) is 4. The number of rotatable bonds is 6. The van der Waals surface area contributed by atoms with Gasteiger partial charge >= 0.3 is 0 Å². The van der Waals surface area contributed by atoms with E-state index in [1.165, 1.54) is 4.90 Å². The Hall–Kier alpha value is -1.95. The largest absolute Gasteiger partial charge is 0.395 e. The SMILES string of the molecule is Nc1c(C(=O)NCCSc2ccccc2)n[nH]c1C1CC1. The van der Waals surface area contributed by atoms with Gasteiger partial charge in [-0.3, -0.25) is 9.89 Å². The summed E-state index contributed by atoms with van der Waals surface area (Å²) in [5, 5.41) is 9.80. The average Bonchev–Trinajstić information content (AvgIpc) is 3.27. The number of nitrogens with two attached hydrogens (primary N) is 1. The monoisotopic (exact) mass is 302 g/mol. The van der Waals surface area contributed by atoms with Crippen molar-refractivity contribution in [2.24, 2.45) is 0 Å². The zero-order valence-corrected chi connectivity index (χ0v) is 12.5. The van der Waals surface area contributed by atoms with E-state index in [0.717, 1.165) is 24.3 Å². The van der Waals surface area contributed by atoms with Gasteiger partial charge in [0.05, 0.1) is 11.4 Å². The molecular weight excluding hydrogens is 284 g/mol. The molecule has 3 rings (SSSR count). The van der Waals surface area contributed by atoms with Crippen molar-refractivity contribution in [3.8, 4) is 0 Å². The van der Waals surface area contributed by atoms with E-state index in [9.17, 15) is 4.79 Å². The van der Waals surface area contributed by atoms with E-state index in [2.05, 4.69) is 27.6 Å². The third kappa shape index (κ3) is 3.39. The molecule has 0 unspecified atom stereocenters. The molecule has 1 aromatic carbocycles. The highest BCUT2D eigenvalue weighted by Crippen LogP contribution is 2.42. The quantitative estimate of drug-likeness (QED) is 0.565. The zero-order chi connectivity index (χ0) is 14.7. The Bertz CT molecular complexity index is 622. The summed E-state index contributed by atoms with van der Waals surface area (Å²) in [7, 11) is 0. The Balaban J connectivity index is 1.48. The van der Waals surface area contributed by atoms with Gasteiger partial charge in [-0.15, -0.1) is 11.8 Å². The van der Waals surface area contributed by atoms with E-state index in [4.69, 9.17) is 5.73 Å². The van der Waals surface area contributed by atoms with E-state index in [1.54, 1.807) is 11.8 Å². The van der Waals surface area contributed by atoms with Crippen LogP contribution in [-0.4, -0.2) is 28.4 Å². The van der Waals surface area contributed by atoms with Crippen LogP contribution in [0.15, 0.2) is 35.2 Å². The highest BCUT2D eigenvalue weighted by atomic mass is 32.2. The van der Waals surface area contributed by atoms with Crippen molar-refractivity contribution < 1.29 is 4.79 Å². The van der Waals surface area contributed by atoms with Crippen LogP contribution in [-0.2, 0) is 0 Å². The molecule has 1 aliphatic rings. The van der Waals surface area contributed by atoms with Crippen LogP contribution < -0.4 is 11.1 Å². The Labute approximate surface area is 127 Å². The molecule has 1 aliphatic carbocycles. The minimum absolute atomic E-state index is 0.204. The number of hydrogen-bond donors (Lipinski definition) is 3. The summed E-state index contributed by atoms with van der Waals surface area (Å²) in [6, 6.07) is 10.1. The van der Waals surface area contributed by atoms with Crippen LogP contribution >= 0.6 is 11.8 Å². The van der Waals surface area contributed by atoms with Gasteiger partial charge in [0.2, 0.25) is 0 Å². The lowest BCUT2D eigenvalue weighted by atomic mass is 10.2. The first-order valence-corrected chi connectivity index (χ1v) is 8.04. The fourth-order valence-corrected chi connectivity index (χ4v) is 2.94. The highest BCUT2D eigenvalue weighted by Gasteiger charge is 2.30. The van der Waals surface area contributed by atoms with Crippen molar-refractivity contribution in [3.63, 3.8) is 0 Å². The molecule has 5 nitrogen and oxygen atoms in total. The third-order valence-electron chi connectivity index (χ3n) is 3.43. The maximum atomic E-state index is 12.1. The second kappa shape index (κ2) is 6.22. The van der Waals surface area contributed by atoms with Crippen LogP contribution in [0.2, 0.25) is 0 Å². The molecule has 21 heavy (non-hydrogen) atoms. The summed E-state index contributed by atoms with van der Waals surface area (Å²) in [4.78, 5) is 13.2. The van der Waals surface area contributed by atoms with E-state index in [1.807, 2.05) is 18.2 Å². The average molecular weight is 302 g/mol. The molecule has 0 radical (unpaired) electrons. The van der Waals surface area contributed by atoms with Gasteiger partial charge in [0.15, 0.2) is 5.69 Å². The maximum Gasteiger partial charge on any atom is 0.273 e. The number of nitrogen functional groups attached to an aromatic ring is 1. The second-order valence-corrected chi connectivity index (χ2v) is 6.26. The van der Waals surface area contributed by atoms with Crippen LogP contribution in [0, 0.1) is 0 Å². The minimum atomic E-state index is -0.204. The number of amides is 1. The summed E-state index contributed by atoms with van der Waals surface area (Å²) in [5.74, 6) is 1.08. The van der Waals surface area contributed by atoms with E-state index >= 15 is 0 Å². The number of carbonyl (C=O) groups excluding carboxylic acids is 1. The van der Waals surface area contributed by atoms with E-state index in [0.29, 0.717) is 23.8 Å². The second-order valence-electron chi connectivity index (χ2n) is 5.09. The van der Waals surface area contributed by atoms with Crippen molar-refractivity contribution in [3.05, 3.63) is 41.7 Å². The molecule has 6 heteroatoms. The molecular formula is C15H18N4OS. The summed E-state index contributed by atoms with van der Waals surface area (Å²) in [6.45, 7) is 0.587. The Morgan fingerprint density at radius 2 is 2.14 bits per heavy atom. The fourth-order valence-electron chi connectivity index (χ4n) is 2.15. The van der Waals surface area contributed by atoms with E-state index in [-0.39, 0.29) is 5.91 Å². The minimum Gasteiger partial charge on any atom is -0.395 e. The molecule has 1 amide bonds. The molecule has 0 atom stereocenters. The molecule has 0 spiro atoms. The van der Waals surface area contributed by atoms with Gasteiger partial charge < -0.3 is 11.1 Å². The van der Waals surface area contributed by atoms with Gasteiger partial charge in [-0.05, 0) is 25.0 Å². The Morgan fingerprint density at radius 3 is 2.86 bits per heavy atom. The topological polar surface area (TPSA) is 83.8 Å². The van der Waals surface area contributed by atoms with E-state index < -0.39 is 0 Å². The number of H-pyrrole nitrogens is 1. The van der Waals surface area contributed by atoms with Crippen LogP contribution in [0.25, 0.3) is 0 Å². The summed E-state index contributed by atoms with van der Waals surface area (Å²) >= 11 is 1.71. The molecule has 0 aliphatic heterocycles. The molecule has 2 aromatic rings. The number of anilines is 1. The Kier molecular flexibility index (Phi) is 4.15. The number of carbonyl (C=O) groups is 1. The summed E-state index contributed by atoms with van der Waals surface area (Å²) in [6.07, 6.45) is 2.25. The normalized spacial score (nSPS) is 14.1. The molecule has 4 N–H and O–H groups in total. The lowest BCUT2D eigenvalue weighted by Gasteiger charge is -2.04. The van der Waals surface area contributed by atoms with Crippen molar-refractivity contribution in [1.82, 2.24) is 15.5 Å². The van der Waals surface area contributed by atoms with Gasteiger partial charge in [0, 0.05) is 23.1 Å². The standard InChI is InChI=1S/C15H18N4OS/c16-12-13(10-6-7-10)18-19-14(12)15(20)17-8-9-21-11-4-2-1-3-5-11/h1-5,10H,6-9,16H2,(H,17,20)(H,18,19). The first-order valence-electron chi connectivity index (χ1n) is 7.05. The van der Waals surface area contributed by atoms with Gasteiger partial charge in [-0.25, -0.2) is 0 Å². The Morgan fingerprint density at radius 1 is 1.38 bits per heavy atom. The molecule has 1 fully saturated rings. The van der Waals surface area contributed by atoms with Crippen molar-refractivity contribution in [2.45, 2.75) is 23.7 Å². The number of nitrogens with one attached hydrogen (secondary N) is 2. The summed E-state index contributed by atoms with van der Waals surface area (Å²) < 4.78 is 0. The van der Waals surface area contributed by atoms with Crippen LogP contribution in [0.5, 0.6) is 0 Å². The maximum absolute atomic E-state index is 12.1. The number of benzene rings is 1. The predicted molar refractivity (Wildman–Crippen MR) is 84.5 cm³/mol. The molecule has 0 bridgehead atoms. The molecule has 1 aromatic heterocycles. The molecule has 110 valence electrons. The number of aromatic nitrogens is 2. The van der Waals surface area contributed by atoms with Crippen LogP contribution in [0.1, 0.15) is 34.9 Å². The lowest BCUT2D eigenvalue weighted by Crippen LogP contribution is -2.26.